The smallest absolute Gasteiger partial charge is 0.221 e. The molecule has 0 radical (unpaired) electrons. The number of thiazole rings is 1. The number of carbonyl (C=O) groups excluding carboxylic acids is 1. The average Bonchev–Trinajstić information content (AvgIpc) is 2.78. The number of aromatic nitrogens is 1. The summed E-state index contributed by atoms with van der Waals surface area (Å²) in [6.45, 7) is 4.51. The second kappa shape index (κ2) is 5.61. The maximum absolute atomic E-state index is 12.0. The molecule has 0 aliphatic carbocycles. The fourth-order valence-corrected chi connectivity index (χ4v) is 3.94. The van der Waals surface area contributed by atoms with Crippen molar-refractivity contribution < 1.29 is 9.53 Å². The minimum atomic E-state index is -0.00286. The summed E-state index contributed by atoms with van der Waals surface area (Å²) in [5.41, 5.74) is 10.1. The summed E-state index contributed by atoms with van der Waals surface area (Å²) in [5.74, 6) is 0.905. The van der Waals surface area contributed by atoms with Crippen LogP contribution in [0.15, 0.2) is 12.1 Å². The van der Waals surface area contributed by atoms with Crippen molar-refractivity contribution in [1.82, 2.24) is 10.3 Å². The van der Waals surface area contributed by atoms with Gasteiger partial charge < -0.3 is 15.8 Å². The summed E-state index contributed by atoms with van der Waals surface area (Å²) >= 11 is 1.48. The van der Waals surface area contributed by atoms with Gasteiger partial charge >= 0.3 is 0 Å². The molecule has 2 heterocycles. The molecule has 6 heteroatoms. The Morgan fingerprint density at radius 1 is 1.36 bits per heavy atom. The number of hydrogen-bond acceptors (Lipinski definition) is 5. The largest absolute Gasteiger partial charge is 0.496 e. The van der Waals surface area contributed by atoms with E-state index in [9.17, 15) is 4.79 Å². The molecule has 0 saturated heterocycles. The van der Waals surface area contributed by atoms with Crippen molar-refractivity contribution in [2.24, 2.45) is 0 Å². The number of methoxy groups -OCH3 is 1. The van der Waals surface area contributed by atoms with Gasteiger partial charge in [0.15, 0.2) is 5.13 Å². The molecule has 22 heavy (non-hydrogen) atoms. The van der Waals surface area contributed by atoms with Gasteiger partial charge in [0.25, 0.3) is 0 Å². The molecule has 0 bridgehead atoms. The lowest BCUT2D eigenvalue weighted by atomic mass is 9.89. The molecule has 1 aliphatic heterocycles. The van der Waals surface area contributed by atoms with Gasteiger partial charge in [0, 0.05) is 17.2 Å². The molecule has 1 aliphatic rings. The number of nitrogens with zero attached hydrogens (tertiary/aromatic N) is 1. The Labute approximate surface area is 133 Å². The van der Waals surface area contributed by atoms with Crippen molar-refractivity contribution in [3.05, 3.63) is 39.4 Å². The van der Waals surface area contributed by atoms with Crippen molar-refractivity contribution >= 4 is 22.4 Å². The maximum Gasteiger partial charge on any atom is 0.221 e. The Kier molecular flexibility index (Phi) is 3.78. The topological polar surface area (TPSA) is 77.2 Å². The summed E-state index contributed by atoms with van der Waals surface area (Å²) in [7, 11) is 1.67. The molecule has 0 saturated carbocycles. The SMILES string of the molecule is COc1cc(C)c([C@@H]2CC(=O)NCc3nc(N)sc32)cc1C. The first-order valence-electron chi connectivity index (χ1n) is 7.16. The molecule has 1 aromatic heterocycles. The highest BCUT2D eigenvalue weighted by Crippen LogP contribution is 2.40. The van der Waals surface area contributed by atoms with Crippen molar-refractivity contribution in [3.63, 3.8) is 0 Å². The molecular weight excluding hydrogens is 298 g/mol. The molecule has 116 valence electrons. The van der Waals surface area contributed by atoms with Crippen LogP contribution in [0, 0.1) is 13.8 Å². The van der Waals surface area contributed by atoms with Crippen LogP contribution in [0.4, 0.5) is 5.13 Å². The zero-order valence-electron chi connectivity index (χ0n) is 12.9. The van der Waals surface area contributed by atoms with Crippen LogP contribution in [0.2, 0.25) is 0 Å². The highest BCUT2D eigenvalue weighted by atomic mass is 32.1. The molecule has 1 amide bonds. The van der Waals surface area contributed by atoms with E-state index in [-0.39, 0.29) is 11.8 Å². The van der Waals surface area contributed by atoms with Crippen LogP contribution in [-0.2, 0) is 11.3 Å². The van der Waals surface area contributed by atoms with E-state index in [4.69, 9.17) is 10.5 Å². The molecular formula is C16H19N3O2S. The van der Waals surface area contributed by atoms with Crippen molar-refractivity contribution in [3.8, 4) is 5.75 Å². The van der Waals surface area contributed by atoms with Crippen LogP contribution in [-0.4, -0.2) is 18.0 Å². The second-order valence-corrected chi connectivity index (χ2v) is 6.64. The molecule has 3 rings (SSSR count). The average molecular weight is 317 g/mol. The number of anilines is 1. The first-order valence-corrected chi connectivity index (χ1v) is 7.98. The summed E-state index contributed by atoms with van der Waals surface area (Å²) < 4.78 is 5.38. The van der Waals surface area contributed by atoms with E-state index in [2.05, 4.69) is 16.4 Å². The van der Waals surface area contributed by atoms with E-state index in [1.54, 1.807) is 7.11 Å². The van der Waals surface area contributed by atoms with Crippen LogP contribution in [0.1, 0.15) is 39.6 Å². The van der Waals surface area contributed by atoms with E-state index in [1.807, 2.05) is 19.9 Å². The number of hydrogen-bond donors (Lipinski definition) is 2. The van der Waals surface area contributed by atoms with Gasteiger partial charge in [-0.2, -0.15) is 0 Å². The van der Waals surface area contributed by atoms with Gasteiger partial charge in [0.2, 0.25) is 5.91 Å². The number of aryl methyl sites for hydroxylation is 2. The normalized spacial score (nSPS) is 17.6. The van der Waals surface area contributed by atoms with Crippen LogP contribution in [0.5, 0.6) is 5.75 Å². The highest BCUT2D eigenvalue weighted by Gasteiger charge is 2.29. The van der Waals surface area contributed by atoms with E-state index >= 15 is 0 Å². The fraction of sp³-hybridized carbons (Fsp3) is 0.375. The third-order valence-electron chi connectivity index (χ3n) is 4.06. The van der Waals surface area contributed by atoms with Gasteiger partial charge in [-0.05, 0) is 36.6 Å². The molecule has 0 spiro atoms. The number of nitrogen functional groups attached to an aromatic ring is 1. The first-order chi connectivity index (χ1) is 10.5. The standard InChI is InChI=1S/C16H19N3O2S/c1-8-5-13(21-3)9(2)4-10(8)11-6-14(20)18-7-12-15(11)22-16(17)19-12/h4-5,11H,6-7H2,1-3H3,(H2,17,19)(H,18,20)/t11-/m0/s1. The fourth-order valence-electron chi connectivity index (χ4n) is 2.97. The van der Waals surface area contributed by atoms with Gasteiger partial charge in [-0.3, -0.25) is 4.79 Å². The zero-order chi connectivity index (χ0) is 15.9. The minimum absolute atomic E-state index is 0.00286. The number of ether oxygens (including phenoxy) is 1. The van der Waals surface area contributed by atoms with Gasteiger partial charge in [-0.1, -0.05) is 6.07 Å². The molecule has 3 N–H and O–H groups in total. The number of carbonyl (C=O) groups is 1. The molecule has 1 atom stereocenters. The number of benzene rings is 1. The molecule has 2 aromatic rings. The Bertz CT molecular complexity index is 739. The predicted molar refractivity (Wildman–Crippen MR) is 87.3 cm³/mol. The summed E-state index contributed by atoms with van der Waals surface area (Å²) in [4.78, 5) is 17.5. The number of amides is 1. The minimum Gasteiger partial charge on any atom is -0.496 e. The Balaban J connectivity index is 2.13. The summed E-state index contributed by atoms with van der Waals surface area (Å²) in [6, 6.07) is 4.13. The lowest BCUT2D eigenvalue weighted by Crippen LogP contribution is -2.21. The van der Waals surface area contributed by atoms with Gasteiger partial charge in [-0.15, -0.1) is 11.3 Å². The maximum atomic E-state index is 12.0. The quantitative estimate of drug-likeness (QED) is 0.892. The number of fused-ring (bicyclic) bond motifs is 1. The summed E-state index contributed by atoms with van der Waals surface area (Å²) in [6.07, 6.45) is 0.418. The lowest BCUT2D eigenvalue weighted by molar-refractivity contribution is -0.121. The van der Waals surface area contributed by atoms with Crippen LogP contribution >= 0.6 is 11.3 Å². The second-order valence-electron chi connectivity index (χ2n) is 5.57. The number of nitrogens with one attached hydrogen (secondary N) is 1. The van der Waals surface area contributed by atoms with E-state index in [0.717, 1.165) is 33.0 Å². The van der Waals surface area contributed by atoms with E-state index in [1.165, 1.54) is 11.3 Å². The third kappa shape index (κ3) is 2.54. The number of nitrogens with two attached hydrogens (primary N) is 1. The van der Waals surface area contributed by atoms with Crippen LogP contribution in [0.25, 0.3) is 0 Å². The van der Waals surface area contributed by atoms with Crippen LogP contribution in [0.3, 0.4) is 0 Å². The zero-order valence-corrected chi connectivity index (χ0v) is 13.7. The predicted octanol–water partition coefficient (Wildman–Crippen LogP) is 2.50. The van der Waals surface area contributed by atoms with E-state index < -0.39 is 0 Å². The van der Waals surface area contributed by atoms with Gasteiger partial charge in [0.05, 0.1) is 19.3 Å². The molecule has 0 unspecified atom stereocenters. The van der Waals surface area contributed by atoms with Crippen molar-refractivity contribution in [2.75, 3.05) is 12.8 Å². The third-order valence-corrected chi connectivity index (χ3v) is 5.10. The highest BCUT2D eigenvalue weighted by molar-refractivity contribution is 7.15. The molecule has 5 nitrogen and oxygen atoms in total. The Morgan fingerprint density at radius 2 is 2.14 bits per heavy atom. The first kappa shape index (κ1) is 14.8. The lowest BCUT2D eigenvalue weighted by Gasteiger charge is -2.18. The van der Waals surface area contributed by atoms with Gasteiger partial charge in [-0.25, -0.2) is 4.98 Å². The van der Waals surface area contributed by atoms with Crippen molar-refractivity contribution in [2.45, 2.75) is 32.7 Å². The van der Waals surface area contributed by atoms with E-state index in [0.29, 0.717) is 18.1 Å². The summed E-state index contributed by atoms with van der Waals surface area (Å²) in [5, 5.41) is 3.45. The monoisotopic (exact) mass is 317 g/mol. The van der Waals surface area contributed by atoms with Gasteiger partial charge in [0.1, 0.15) is 5.75 Å². The van der Waals surface area contributed by atoms with Crippen molar-refractivity contribution in [1.29, 1.82) is 0 Å². The van der Waals surface area contributed by atoms with Crippen LogP contribution < -0.4 is 15.8 Å². The molecule has 0 fully saturated rings. The number of rotatable bonds is 2. The Morgan fingerprint density at radius 3 is 2.86 bits per heavy atom. The Hall–Kier alpha value is -2.08. The molecule has 1 aromatic carbocycles.